The molecule has 0 fully saturated rings. The molecule has 0 heterocycles. The van der Waals surface area contributed by atoms with Gasteiger partial charge in [0.1, 0.15) is 0 Å². The van der Waals surface area contributed by atoms with Crippen LogP contribution in [0.5, 0.6) is 11.5 Å². The van der Waals surface area contributed by atoms with Crippen LogP contribution < -0.4 is 14.9 Å². The Balaban J connectivity index is 2.17. The van der Waals surface area contributed by atoms with E-state index in [1.807, 2.05) is 26.0 Å². The molecule has 0 unspecified atom stereocenters. The maximum Gasteiger partial charge on any atom is 0.174 e. The van der Waals surface area contributed by atoms with Crippen molar-refractivity contribution < 1.29 is 9.47 Å². The molecule has 128 valence electrons. The number of nitrogens with zero attached hydrogens (tertiary/aromatic N) is 1. The van der Waals surface area contributed by atoms with Gasteiger partial charge < -0.3 is 9.47 Å². The molecule has 2 aromatic carbocycles. The van der Waals surface area contributed by atoms with Gasteiger partial charge in [-0.3, -0.25) is 5.43 Å². The number of anilines is 1. The van der Waals surface area contributed by atoms with Gasteiger partial charge in [-0.05, 0) is 72.3 Å². The molecule has 0 aliphatic heterocycles. The van der Waals surface area contributed by atoms with E-state index in [2.05, 4.69) is 33.1 Å². The fourth-order valence-electron chi connectivity index (χ4n) is 1.91. The molecular weight excluding hydrogens is 462 g/mol. The highest BCUT2D eigenvalue weighted by Crippen LogP contribution is 2.34. The summed E-state index contributed by atoms with van der Waals surface area (Å²) in [6.07, 6.45) is 1.77. The van der Waals surface area contributed by atoms with Crippen molar-refractivity contribution in [1.29, 1.82) is 0 Å². The molecule has 0 aliphatic rings. The van der Waals surface area contributed by atoms with E-state index in [1.165, 1.54) is 0 Å². The minimum absolute atomic E-state index is 0.0725. The molecule has 0 radical (unpaired) electrons. The molecule has 1 N–H and O–H groups in total. The Hall–Kier alpha value is -1.18. The number of ether oxygens (including phenoxy) is 2. The van der Waals surface area contributed by atoms with Gasteiger partial charge in [-0.15, -0.1) is 0 Å². The first-order valence-electron chi connectivity index (χ1n) is 7.19. The van der Waals surface area contributed by atoms with Crippen LogP contribution in [0.4, 0.5) is 5.69 Å². The van der Waals surface area contributed by atoms with Gasteiger partial charge in [-0.25, -0.2) is 0 Å². The summed E-state index contributed by atoms with van der Waals surface area (Å²) >= 11 is 14.1. The van der Waals surface area contributed by atoms with Crippen molar-refractivity contribution in [1.82, 2.24) is 0 Å². The molecular formula is C17H17Cl2IN2O2. The average Bonchev–Trinajstić information content (AvgIpc) is 2.52. The van der Waals surface area contributed by atoms with Crippen LogP contribution in [0.1, 0.15) is 19.4 Å². The summed E-state index contributed by atoms with van der Waals surface area (Å²) in [5.41, 5.74) is 4.56. The first-order chi connectivity index (χ1) is 11.4. The Kier molecular flexibility index (Phi) is 7.01. The van der Waals surface area contributed by atoms with Gasteiger partial charge >= 0.3 is 0 Å². The van der Waals surface area contributed by atoms with Crippen LogP contribution in [0.3, 0.4) is 0 Å². The van der Waals surface area contributed by atoms with Crippen molar-refractivity contribution in [3.63, 3.8) is 0 Å². The fourth-order valence-corrected chi connectivity index (χ4v) is 2.96. The number of benzene rings is 2. The molecule has 0 spiro atoms. The lowest BCUT2D eigenvalue weighted by atomic mass is 10.2. The SMILES string of the molecule is COc1cc(C=NNc2ccc(Cl)c(Cl)c2)cc(I)c1OC(C)C. The van der Waals surface area contributed by atoms with Crippen molar-refractivity contribution in [2.24, 2.45) is 5.10 Å². The molecule has 0 amide bonds. The molecule has 0 saturated heterocycles. The number of halogens is 3. The van der Waals surface area contributed by atoms with E-state index < -0.39 is 0 Å². The summed E-state index contributed by atoms with van der Waals surface area (Å²) in [4.78, 5) is 0. The third kappa shape index (κ3) is 5.16. The second-order valence-electron chi connectivity index (χ2n) is 5.20. The molecule has 2 aromatic rings. The predicted molar refractivity (Wildman–Crippen MR) is 109 cm³/mol. The average molecular weight is 479 g/mol. The molecule has 7 heteroatoms. The topological polar surface area (TPSA) is 42.8 Å². The van der Waals surface area contributed by atoms with Gasteiger partial charge in [0.15, 0.2) is 11.5 Å². The zero-order valence-corrected chi connectivity index (χ0v) is 17.1. The normalized spacial score (nSPS) is 11.1. The second kappa shape index (κ2) is 8.78. The van der Waals surface area contributed by atoms with Crippen molar-refractivity contribution in [3.8, 4) is 11.5 Å². The minimum atomic E-state index is 0.0725. The third-order valence-corrected chi connectivity index (χ3v) is 4.47. The maximum absolute atomic E-state index is 5.97. The van der Waals surface area contributed by atoms with Gasteiger partial charge in [0.25, 0.3) is 0 Å². The number of hydrazone groups is 1. The van der Waals surface area contributed by atoms with E-state index >= 15 is 0 Å². The van der Waals surface area contributed by atoms with Gasteiger partial charge in [0.2, 0.25) is 0 Å². The van der Waals surface area contributed by atoms with Crippen LogP contribution >= 0.6 is 45.8 Å². The van der Waals surface area contributed by atoms with Gasteiger partial charge in [-0.2, -0.15) is 5.10 Å². The molecule has 0 aromatic heterocycles. The Bertz CT molecular complexity index is 752. The zero-order chi connectivity index (χ0) is 17.7. The number of methoxy groups -OCH3 is 1. The number of nitrogens with one attached hydrogen (secondary N) is 1. The Morgan fingerprint density at radius 2 is 1.92 bits per heavy atom. The molecule has 0 atom stereocenters. The number of hydrogen-bond acceptors (Lipinski definition) is 4. The minimum Gasteiger partial charge on any atom is -0.493 e. The summed E-state index contributed by atoms with van der Waals surface area (Å²) in [7, 11) is 1.62. The standard InChI is InChI=1S/C17H17Cl2IN2O2/c1-10(2)24-17-15(20)6-11(7-16(17)23-3)9-21-22-12-4-5-13(18)14(19)8-12/h4-10,22H,1-3H3. The van der Waals surface area contributed by atoms with Crippen LogP contribution in [-0.2, 0) is 0 Å². The highest BCUT2D eigenvalue weighted by Gasteiger charge is 2.12. The first kappa shape index (κ1) is 19.1. The van der Waals surface area contributed by atoms with Crippen LogP contribution in [0.2, 0.25) is 10.0 Å². The van der Waals surface area contributed by atoms with Crippen molar-refractivity contribution >= 4 is 57.7 Å². The maximum atomic E-state index is 5.97. The lowest BCUT2D eigenvalue weighted by Gasteiger charge is -2.15. The molecule has 24 heavy (non-hydrogen) atoms. The van der Waals surface area contributed by atoms with E-state index in [1.54, 1.807) is 31.5 Å². The van der Waals surface area contributed by atoms with Crippen molar-refractivity contribution in [2.75, 3.05) is 12.5 Å². The first-order valence-corrected chi connectivity index (χ1v) is 9.02. The molecule has 0 aliphatic carbocycles. The largest absolute Gasteiger partial charge is 0.493 e. The smallest absolute Gasteiger partial charge is 0.174 e. The summed E-state index contributed by atoms with van der Waals surface area (Å²) in [6, 6.07) is 9.08. The molecule has 4 nitrogen and oxygen atoms in total. The lowest BCUT2D eigenvalue weighted by molar-refractivity contribution is 0.228. The van der Waals surface area contributed by atoms with Gasteiger partial charge in [0.05, 0.1) is 38.7 Å². The molecule has 0 bridgehead atoms. The highest BCUT2D eigenvalue weighted by atomic mass is 127. The highest BCUT2D eigenvalue weighted by molar-refractivity contribution is 14.1. The van der Waals surface area contributed by atoms with Crippen LogP contribution in [0.25, 0.3) is 0 Å². The van der Waals surface area contributed by atoms with E-state index in [0.29, 0.717) is 15.8 Å². The van der Waals surface area contributed by atoms with Crippen LogP contribution in [0.15, 0.2) is 35.4 Å². The molecule has 0 saturated carbocycles. The molecule has 2 rings (SSSR count). The Morgan fingerprint density at radius 1 is 1.17 bits per heavy atom. The van der Waals surface area contributed by atoms with Crippen molar-refractivity contribution in [2.45, 2.75) is 20.0 Å². The summed E-state index contributed by atoms with van der Waals surface area (Å²) in [5.74, 6) is 1.41. The third-order valence-electron chi connectivity index (χ3n) is 2.93. The van der Waals surface area contributed by atoms with Gasteiger partial charge in [-0.1, -0.05) is 23.2 Å². The monoisotopic (exact) mass is 478 g/mol. The zero-order valence-electron chi connectivity index (χ0n) is 13.4. The predicted octanol–water partition coefficient (Wildman–Crippen LogP) is 5.84. The van der Waals surface area contributed by atoms with E-state index in [9.17, 15) is 0 Å². The fraction of sp³-hybridized carbons (Fsp3) is 0.235. The quantitative estimate of drug-likeness (QED) is 0.322. The second-order valence-corrected chi connectivity index (χ2v) is 7.18. The number of rotatable bonds is 6. The number of hydrogen-bond donors (Lipinski definition) is 1. The van der Waals surface area contributed by atoms with Gasteiger partial charge in [0, 0.05) is 0 Å². The van der Waals surface area contributed by atoms with E-state index in [-0.39, 0.29) is 6.10 Å². The Labute approximate surface area is 165 Å². The van der Waals surface area contributed by atoms with E-state index in [4.69, 9.17) is 32.7 Å². The summed E-state index contributed by atoms with van der Waals surface area (Å²) in [6.45, 7) is 3.96. The lowest BCUT2D eigenvalue weighted by Crippen LogP contribution is -2.08. The Morgan fingerprint density at radius 3 is 2.54 bits per heavy atom. The van der Waals surface area contributed by atoms with Crippen LogP contribution in [0, 0.1) is 3.57 Å². The van der Waals surface area contributed by atoms with Crippen molar-refractivity contribution in [3.05, 3.63) is 49.5 Å². The van der Waals surface area contributed by atoms with Crippen LogP contribution in [-0.4, -0.2) is 19.4 Å². The summed E-state index contributed by atoms with van der Waals surface area (Å²) < 4.78 is 12.2. The summed E-state index contributed by atoms with van der Waals surface area (Å²) in [5, 5.41) is 5.19. The van der Waals surface area contributed by atoms with E-state index in [0.717, 1.165) is 20.6 Å².